The van der Waals surface area contributed by atoms with E-state index in [0.717, 1.165) is 33.7 Å². The normalized spacial score (nSPS) is 11.9. The maximum Gasteiger partial charge on any atom is 0.138 e. The molecule has 0 N–H and O–H groups in total. The van der Waals surface area contributed by atoms with Crippen molar-refractivity contribution in [1.29, 1.82) is 0 Å². The van der Waals surface area contributed by atoms with Gasteiger partial charge in [0.15, 0.2) is 0 Å². The lowest BCUT2D eigenvalue weighted by atomic mass is 9.90. The van der Waals surface area contributed by atoms with Gasteiger partial charge in [-0.3, -0.25) is 9.56 Å². The molecule has 0 aliphatic rings. The van der Waals surface area contributed by atoms with Crippen LogP contribution in [0.5, 0.6) is 0 Å². The lowest BCUT2D eigenvalue weighted by Gasteiger charge is -2.14. The van der Waals surface area contributed by atoms with E-state index in [-0.39, 0.29) is 0 Å². The lowest BCUT2D eigenvalue weighted by Crippen LogP contribution is -2.03. The van der Waals surface area contributed by atoms with Crippen LogP contribution in [0.3, 0.4) is 0 Å². The van der Waals surface area contributed by atoms with Crippen LogP contribution < -0.4 is 0 Å². The Morgan fingerprint density at radius 2 is 1.33 bits per heavy atom. The predicted octanol–water partition coefficient (Wildman–Crippen LogP) is 11.4. The third-order valence-corrected chi connectivity index (χ3v) is 8.44. The molecule has 0 aliphatic heterocycles. The van der Waals surface area contributed by atoms with Gasteiger partial charge in [0.1, 0.15) is 5.82 Å². The minimum absolute atomic E-state index is 0.574. The first-order chi connectivity index (χ1) is 22.6. The smallest absolute Gasteiger partial charge is 0.138 e. The van der Waals surface area contributed by atoms with Gasteiger partial charge in [0.2, 0.25) is 0 Å². The number of nitrogens with zero attached hydrogens (tertiary/aromatic N) is 3. The SMILES string of the molecule is C=N/C(=C\C(=NCc1ccccc1)c1ccccc1)n1c2ccccc2c2cc3c(-c4ccccc4C)c(C)ccc3cc21.CC. The minimum atomic E-state index is 0.574. The first-order valence-corrected chi connectivity index (χ1v) is 16.0. The summed E-state index contributed by atoms with van der Waals surface area (Å²) in [6, 6.07) is 47.0. The third kappa shape index (κ3) is 5.80. The molecule has 3 nitrogen and oxygen atoms in total. The number of hydrogen-bond acceptors (Lipinski definition) is 2. The zero-order chi connectivity index (χ0) is 32.0. The van der Waals surface area contributed by atoms with Gasteiger partial charge in [-0.2, -0.15) is 0 Å². The molecule has 46 heavy (non-hydrogen) atoms. The molecule has 1 aromatic heterocycles. The van der Waals surface area contributed by atoms with Crippen LogP contribution >= 0.6 is 0 Å². The number of aliphatic imine (C=N–C) groups is 2. The van der Waals surface area contributed by atoms with Crippen molar-refractivity contribution < 1.29 is 0 Å². The van der Waals surface area contributed by atoms with E-state index in [1.165, 1.54) is 43.8 Å². The third-order valence-electron chi connectivity index (χ3n) is 8.44. The van der Waals surface area contributed by atoms with Gasteiger partial charge in [-0.1, -0.05) is 129 Å². The summed E-state index contributed by atoms with van der Waals surface area (Å²) in [5.74, 6) is 0.734. The highest BCUT2D eigenvalue weighted by Gasteiger charge is 2.17. The predicted molar refractivity (Wildman–Crippen MR) is 200 cm³/mol. The van der Waals surface area contributed by atoms with E-state index in [9.17, 15) is 0 Å². The van der Waals surface area contributed by atoms with E-state index in [1.54, 1.807) is 0 Å². The van der Waals surface area contributed by atoms with Crippen molar-refractivity contribution in [2.24, 2.45) is 9.98 Å². The molecule has 3 heteroatoms. The second-order valence-electron chi connectivity index (χ2n) is 11.2. The van der Waals surface area contributed by atoms with E-state index in [0.29, 0.717) is 6.54 Å². The summed E-state index contributed by atoms with van der Waals surface area (Å²) in [6.07, 6.45) is 2.06. The first-order valence-electron chi connectivity index (χ1n) is 16.0. The fraction of sp³-hybridized carbons (Fsp3) is 0.116. The van der Waals surface area contributed by atoms with Crippen molar-refractivity contribution in [1.82, 2.24) is 4.57 Å². The molecule has 0 radical (unpaired) electrons. The molecule has 0 unspecified atom stereocenters. The minimum Gasteiger partial charge on any atom is -0.294 e. The summed E-state index contributed by atoms with van der Waals surface area (Å²) in [4.78, 5) is 9.69. The van der Waals surface area contributed by atoms with Crippen molar-refractivity contribution >= 4 is 50.8 Å². The summed E-state index contributed by atoms with van der Waals surface area (Å²) in [6.45, 7) is 13.0. The maximum absolute atomic E-state index is 5.07. The summed E-state index contributed by atoms with van der Waals surface area (Å²) < 4.78 is 2.23. The molecule has 0 atom stereocenters. The number of rotatable bonds is 7. The molecule has 0 bridgehead atoms. The van der Waals surface area contributed by atoms with E-state index in [2.05, 4.69) is 133 Å². The molecule has 7 rings (SSSR count). The highest BCUT2D eigenvalue weighted by atomic mass is 15.1. The Bertz CT molecular complexity index is 2220. The van der Waals surface area contributed by atoms with Gasteiger partial charge in [0.05, 0.1) is 23.3 Å². The van der Waals surface area contributed by atoms with Crippen molar-refractivity contribution in [3.63, 3.8) is 0 Å². The van der Waals surface area contributed by atoms with Gasteiger partial charge in [0.25, 0.3) is 0 Å². The Labute approximate surface area is 271 Å². The van der Waals surface area contributed by atoms with Gasteiger partial charge >= 0.3 is 0 Å². The van der Waals surface area contributed by atoms with Crippen molar-refractivity contribution in [3.8, 4) is 11.1 Å². The molecule has 7 aromatic rings. The summed E-state index contributed by atoms with van der Waals surface area (Å²) in [5.41, 5.74) is 10.3. The lowest BCUT2D eigenvalue weighted by molar-refractivity contribution is 1.07. The van der Waals surface area contributed by atoms with Crippen LogP contribution in [-0.2, 0) is 6.54 Å². The van der Waals surface area contributed by atoms with Crippen LogP contribution in [0.2, 0.25) is 0 Å². The molecule has 0 saturated carbocycles. The molecule has 226 valence electrons. The van der Waals surface area contributed by atoms with Crippen LogP contribution in [0, 0.1) is 13.8 Å². The zero-order valence-electron chi connectivity index (χ0n) is 27.0. The van der Waals surface area contributed by atoms with Crippen molar-refractivity contribution in [3.05, 3.63) is 162 Å². The van der Waals surface area contributed by atoms with Gasteiger partial charge < -0.3 is 0 Å². The average molecular weight is 598 g/mol. The highest BCUT2D eigenvalue weighted by molar-refractivity contribution is 6.18. The summed E-state index contributed by atoms with van der Waals surface area (Å²) in [5, 5.41) is 4.81. The maximum atomic E-state index is 5.07. The van der Waals surface area contributed by atoms with Gasteiger partial charge in [-0.25, -0.2) is 4.99 Å². The monoisotopic (exact) mass is 597 g/mol. The Kier molecular flexibility index (Phi) is 9.03. The standard InChI is InChI=1S/C41H33N3.C2H6/c1-28-14-10-11-19-33(28)41-29(2)22-23-32-24-39-36(25-35(32)41)34-20-12-13-21-38(34)44(39)40(42-3)26-37(31-17-8-5-9-18-31)43-27-30-15-6-4-7-16-30;1-2/h4-26H,3,27H2,1-2H3;1-2H3/b40-26+,43-37?;. The number of benzene rings is 6. The number of allylic oxidation sites excluding steroid dienone is 1. The van der Waals surface area contributed by atoms with E-state index in [4.69, 9.17) is 4.99 Å². The molecular weight excluding hydrogens is 558 g/mol. The molecule has 0 spiro atoms. The Morgan fingerprint density at radius 1 is 0.652 bits per heavy atom. The van der Waals surface area contributed by atoms with Crippen LogP contribution in [0.15, 0.2) is 150 Å². The molecule has 0 amide bonds. The molecule has 0 fully saturated rings. The molecule has 0 saturated heterocycles. The topological polar surface area (TPSA) is 29.6 Å². The number of aromatic nitrogens is 1. The van der Waals surface area contributed by atoms with Crippen molar-refractivity contribution in [2.75, 3.05) is 0 Å². The zero-order valence-corrected chi connectivity index (χ0v) is 27.0. The summed E-state index contributed by atoms with van der Waals surface area (Å²) in [7, 11) is 0. The Morgan fingerprint density at radius 3 is 2.07 bits per heavy atom. The molecule has 6 aromatic carbocycles. The summed E-state index contributed by atoms with van der Waals surface area (Å²) >= 11 is 0. The molecule has 1 heterocycles. The second kappa shape index (κ2) is 13.6. The Hall–Kier alpha value is -5.54. The van der Waals surface area contributed by atoms with Crippen LogP contribution in [-0.4, -0.2) is 17.0 Å². The number of fused-ring (bicyclic) bond motifs is 4. The fourth-order valence-electron chi connectivity index (χ4n) is 6.25. The van der Waals surface area contributed by atoms with Gasteiger partial charge in [-0.15, -0.1) is 0 Å². The van der Waals surface area contributed by atoms with E-state index in [1.807, 2.05) is 50.2 Å². The van der Waals surface area contributed by atoms with Gasteiger partial charge in [-0.05, 0) is 82.9 Å². The highest BCUT2D eigenvalue weighted by Crippen LogP contribution is 2.40. The average Bonchev–Trinajstić information content (AvgIpc) is 3.43. The molecule has 0 aliphatic carbocycles. The van der Waals surface area contributed by atoms with E-state index >= 15 is 0 Å². The van der Waals surface area contributed by atoms with Crippen LogP contribution in [0.4, 0.5) is 0 Å². The fourth-order valence-corrected chi connectivity index (χ4v) is 6.25. The van der Waals surface area contributed by atoms with Crippen LogP contribution in [0.25, 0.3) is 49.5 Å². The number of para-hydroxylation sites is 1. The van der Waals surface area contributed by atoms with E-state index < -0.39 is 0 Å². The number of aryl methyl sites for hydroxylation is 2. The quantitative estimate of drug-likeness (QED) is 0.164. The second-order valence-corrected chi connectivity index (χ2v) is 11.2. The van der Waals surface area contributed by atoms with Crippen molar-refractivity contribution in [2.45, 2.75) is 34.2 Å². The number of hydrogen-bond donors (Lipinski definition) is 0. The largest absolute Gasteiger partial charge is 0.294 e. The first kappa shape index (κ1) is 30.5. The Balaban J connectivity index is 0.00000182. The van der Waals surface area contributed by atoms with Crippen LogP contribution in [0.1, 0.15) is 36.1 Å². The van der Waals surface area contributed by atoms with Gasteiger partial charge in [0, 0.05) is 16.8 Å². The molecular formula is C43H39N3.